The van der Waals surface area contributed by atoms with Crippen LogP contribution >= 0.6 is 0 Å². The lowest BCUT2D eigenvalue weighted by molar-refractivity contribution is 1.06. The molecule has 0 atom stereocenters. The van der Waals surface area contributed by atoms with Gasteiger partial charge >= 0.3 is 0 Å². The van der Waals surface area contributed by atoms with Gasteiger partial charge in [0.25, 0.3) is 0 Å². The molecule has 6 nitrogen and oxygen atoms in total. The van der Waals surface area contributed by atoms with Gasteiger partial charge in [-0.25, -0.2) is 15.0 Å². The molecule has 0 aliphatic rings. The van der Waals surface area contributed by atoms with Gasteiger partial charge in [-0.1, -0.05) is 6.07 Å². The number of anilines is 3. The van der Waals surface area contributed by atoms with E-state index in [2.05, 4.69) is 25.6 Å². The van der Waals surface area contributed by atoms with Gasteiger partial charge in [0.15, 0.2) is 6.19 Å². The third-order valence-electron chi connectivity index (χ3n) is 1.94. The highest BCUT2D eigenvalue weighted by molar-refractivity contribution is 5.56. The van der Waals surface area contributed by atoms with Crippen LogP contribution in [0.15, 0.2) is 30.5 Å². The molecule has 0 aromatic carbocycles. The summed E-state index contributed by atoms with van der Waals surface area (Å²) in [7, 11) is 0. The molecule has 0 unspecified atom stereocenters. The van der Waals surface area contributed by atoms with Crippen molar-refractivity contribution >= 4 is 17.5 Å². The Bertz CT molecular complexity index is 546. The smallest absolute Gasteiger partial charge is 0.182 e. The summed E-state index contributed by atoms with van der Waals surface area (Å²) in [4.78, 5) is 12.4. The molecule has 0 spiro atoms. The first-order chi connectivity index (χ1) is 8.28. The minimum absolute atomic E-state index is 0.457. The average Bonchev–Trinajstić information content (AvgIpc) is 2.30. The Balaban J connectivity index is 2.24. The number of nitrogens with one attached hydrogen (secondary N) is 2. The van der Waals surface area contributed by atoms with Gasteiger partial charge in [-0.05, 0) is 19.1 Å². The van der Waals surface area contributed by atoms with Gasteiger partial charge in [0.2, 0.25) is 0 Å². The molecule has 0 bridgehead atoms. The highest BCUT2D eigenvalue weighted by atomic mass is 15.1. The van der Waals surface area contributed by atoms with Gasteiger partial charge in [-0.3, -0.25) is 5.32 Å². The Kier molecular flexibility index (Phi) is 3.12. The van der Waals surface area contributed by atoms with Crippen molar-refractivity contribution in [3.05, 3.63) is 36.3 Å². The summed E-state index contributed by atoms with van der Waals surface area (Å²) in [6, 6.07) is 7.18. The van der Waals surface area contributed by atoms with Crippen LogP contribution in [0.3, 0.4) is 0 Å². The molecule has 0 radical (unpaired) electrons. The number of aromatic nitrogens is 3. The second-order valence-electron chi connectivity index (χ2n) is 3.26. The average molecular weight is 226 g/mol. The molecular formula is C11H10N6. The van der Waals surface area contributed by atoms with Crippen molar-refractivity contribution < 1.29 is 0 Å². The number of nitriles is 1. The Hall–Kier alpha value is -2.68. The fourth-order valence-corrected chi connectivity index (χ4v) is 1.32. The number of rotatable bonds is 3. The third kappa shape index (κ3) is 2.89. The molecule has 2 aromatic rings. The van der Waals surface area contributed by atoms with E-state index in [0.29, 0.717) is 23.3 Å². The maximum atomic E-state index is 8.54. The van der Waals surface area contributed by atoms with Crippen molar-refractivity contribution in [3.8, 4) is 6.19 Å². The van der Waals surface area contributed by atoms with Crippen molar-refractivity contribution in [2.75, 3.05) is 10.6 Å². The van der Waals surface area contributed by atoms with Gasteiger partial charge in [-0.15, -0.1) is 0 Å². The zero-order chi connectivity index (χ0) is 12.1. The maximum absolute atomic E-state index is 8.54. The first kappa shape index (κ1) is 10.8. The maximum Gasteiger partial charge on any atom is 0.182 e. The van der Waals surface area contributed by atoms with Gasteiger partial charge in [-0.2, -0.15) is 5.26 Å². The number of hydrogen-bond acceptors (Lipinski definition) is 6. The van der Waals surface area contributed by atoms with Crippen molar-refractivity contribution in [1.82, 2.24) is 15.0 Å². The Morgan fingerprint density at radius 1 is 1.18 bits per heavy atom. The van der Waals surface area contributed by atoms with Crippen molar-refractivity contribution in [2.45, 2.75) is 6.92 Å². The second kappa shape index (κ2) is 4.90. The standard InChI is InChI=1S/C11H10N6/c1-8-15-10(14-7-12)6-11(16-8)17-9-4-2-3-5-13-9/h2-6H,1H3,(H2,13,14,15,16,17). The van der Waals surface area contributed by atoms with Crippen LogP contribution in [0.4, 0.5) is 17.5 Å². The summed E-state index contributed by atoms with van der Waals surface area (Å²) < 4.78 is 0. The Labute approximate surface area is 98.4 Å². The minimum Gasteiger partial charge on any atom is -0.325 e. The molecule has 0 aliphatic heterocycles. The SMILES string of the molecule is Cc1nc(NC#N)cc(Nc2ccccn2)n1. The summed E-state index contributed by atoms with van der Waals surface area (Å²) in [6.45, 7) is 1.76. The molecule has 2 N–H and O–H groups in total. The van der Waals surface area contributed by atoms with Crippen molar-refractivity contribution in [2.24, 2.45) is 0 Å². The number of pyridine rings is 1. The molecular weight excluding hydrogens is 216 g/mol. The summed E-state index contributed by atoms with van der Waals surface area (Å²) in [5, 5.41) is 14.0. The zero-order valence-electron chi connectivity index (χ0n) is 9.18. The second-order valence-corrected chi connectivity index (χ2v) is 3.26. The predicted octanol–water partition coefficient (Wildman–Crippen LogP) is 1.82. The van der Waals surface area contributed by atoms with E-state index in [4.69, 9.17) is 5.26 Å². The largest absolute Gasteiger partial charge is 0.325 e. The van der Waals surface area contributed by atoms with Crippen LogP contribution < -0.4 is 10.6 Å². The third-order valence-corrected chi connectivity index (χ3v) is 1.94. The van der Waals surface area contributed by atoms with E-state index in [0.717, 1.165) is 0 Å². The fraction of sp³-hybridized carbons (Fsp3) is 0.0909. The van der Waals surface area contributed by atoms with E-state index >= 15 is 0 Å². The van der Waals surface area contributed by atoms with Gasteiger partial charge < -0.3 is 5.32 Å². The van der Waals surface area contributed by atoms with Gasteiger partial charge in [0, 0.05) is 12.3 Å². The molecule has 2 aromatic heterocycles. The van der Waals surface area contributed by atoms with Crippen LogP contribution in [0.5, 0.6) is 0 Å². The van der Waals surface area contributed by atoms with E-state index in [1.165, 1.54) is 0 Å². The number of hydrogen-bond donors (Lipinski definition) is 2. The summed E-state index contributed by atoms with van der Waals surface area (Å²) in [6.07, 6.45) is 3.50. The van der Waals surface area contributed by atoms with Gasteiger partial charge in [0.1, 0.15) is 23.3 Å². The van der Waals surface area contributed by atoms with Crippen LogP contribution in [-0.2, 0) is 0 Å². The Morgan fingerprint density at radius 2 is 2.00 bits per heavy atom. The normalized spacial score (nSPS) is 9.41. The molecule has 0 amide bonds. The molecule has 0 saturated heterocycles. The molecule has 0 fully saturated rings. The Morgan fingerprint density at radius 3 is 2.71 bits per heavy atom. The lowest BCUT2D eigenvalue weighted by atomic mass is 10.4. The van der Waals surface area contributed by atoms with Crippen LogP contribution in [0.25, 0.3) is 0 Å². The lowest BCUT2D eigenvalue weighted by Crippen LogP contribution is -2.01. The summed E-state index contributed by atoms with van der Waals surface area (Å²) >= 11 is 0. The number of nitrogens with zero attached hydrogens (tertiary/aromatic N) is 4. The predicted molar refractivity (Wildman–Crippen MR) is 63.5 cm³/mol. The zero-order valence-corrected chi connectivity index (χ0v) is 9.18. The topological polar surface area (TPSA) is 86.5 Å². The quantitative estimate of drug-likeness (QED) is 0.613. The van der Waals surface area contributed by atoms with Crippen LogP contribution in [0.2, 0.25) is 0 Å². The first-order valence-corrected chi connectivity index (χ1v) is 4.97. The molecule has 0 aliphatic carbocycles. The van der Waals surface area contributed by atoms with E-state index in [1.54, 1.807) is 19.2 Å². The van der Waals surface area contributed by atoms with E-state index in [-0.39, 0.29) is 0 Å². The monoisotopic (exact) mass is 226 g/mol. The highest BCUT2D eigenvalue weighted by Gasteiger charge is 2.02. The highest BCUT2D eigenvalue weighted by Crippen LogP contribution is 2.14. The van der Waals surface area contributed by atoms with E-state index in [9.17, 15) is 0 Å². The summed E-state index contributed by atoms with van der Waals surface area (Å²) in [5.74, 6) is 2.31. The number of aryl methyl sites for hydroxylation is 1. The molecule has 84 valence electrons. The van der Waals surface area contributed by atoms with Crippen molar-refractivity contribution in [1.29, 1.82) is 5.26 Å². The molecule has 6 heteroatoms. The fourth-order valence-electron chi connectivity index (χ4n) is 1.32. The molecule has 2 heterocycles. The van der Waals surface area contributed by atoms with Crippen LogP contribution in [0, 0.1) is 18.4 Å². The molecule has 17 heavy (non-hydrogen) atoms. The minimum atomic E-state index is 0.457. The van der Waals surface area contributed by atoms with E-state index < -0.39 is 0 Å². The van der Waals surface area contributed by atoms with E-state index in [1.807, 2.05) is 24.4 Å². The van der Waals surface area contributed by atoms with Crippen LogP contribution in [0.1, 0.15) is 5.82 Å². The van der Waals surface area contributed by atoms with Gasteiger partial charge in [0.05, 0.1) is 0 Å². The lowest BCUT2D eigenvalue weighted by Gasteiger charge is -2.06. The summed E-state index contributed by atoms with van der Waals surface area (Å²) in [5.41, 5.74) is 0. The molecule has 0 saturated carbocycles. The van der Waals surface area contributed by atoms with Crippen molar-refractivity contribution in [3.63, 3.8) is 0 Å². The first-order valence-electron chi connectivity index (χ1n) is 4.97. The van der Waals surface area contributed by atoms with Crippen LogP contribution in [-0.4, -0.2) is 15.0 Å². The molecule has 2 rings (SSSR count).